The molecule has 0 radical (unpaired) electrons. The van der Waals surface area contributed by atoms with Crippen LogP contribution in [-0.4, -0.2) is 17.6 Å². The van der Waals surface area contributed by atoms with Crippen molar-refractivity contribution in [2.45, 2.75) is 39.2 Å². The molecule has 1 aliphatic carbocycles. The van der Waals surface area contributed by atoms with Crippen LogP contribution in [0, 0.1) is 5.41 Å². The van der Waals surface area contributed by atoms with Gasteiger partial charge in [-0.3, -0.25) is 4.79 Å². The van der Waals surface area contributed by atoms with Crippen LogP contribution in [0.1, 0.15) is 43.9 Å². The molecule has 19 heavy (non-hydrogen) atoms. The number of nitrogens with one attached hydrogen (secondary N) is 1. The number of primary amides is 1. The Morgan fingerprint density at radius 2 is 2.26 bits per heavy atom. The molecule has 2 rings (SSSR count). The number of carbonyl (C=O) groups is 1. The molecule has 0 bridgehead atoms. The number of nitrogens with two attached hydrogens (primary N) is 1. The Morgan fingerprint density at radius 1 is 1.53 bits per heavy atom. The molecule has 104 valence electrons. The SMILES string of the molecule is CC(C)(CNC1CCCc2cc(O)ccc21)C(N)=O. The molecule has 1 atom stereocenters. The highest BCUT2D eigenvalue weighted by Gasteiger charge is 2.27. The van der Waals surface area contributed by atoms with Crippen LogP contribution in [0.4, 0.5) is 0 Å². The van der Waals surface area contributed by atoms with Crippen molar-refractivity contribution in [1.82, 2.24) is 5.32 Å². The first-order chi connectivity index (χ1) is 8.90. The average molecular weight is 262 g/mol. The van der Waals surface area contributed by atoms with Crippen molar-refractivity contribution in [2.24, 2.45) is 11.1 Å². The normalized spacial score (nSPS) is 18.9. The summed E-state index contributed by atoms with van der Waals surface area (Å²) in [4.78, 5) is 11.3. The van der Waals surface area contributed by atoms with E-state index < -0.39 is 5.41 Å². The van der Waals surface area contributed by atoms with E-state index in [4.69, 9.17) is 5.73 Å². The molecule has 1 aliphatic rings. The van der Waals surface area contributed by atoms with Crippen LogP contribution in [0.2, 0.25) is 0 Å². The minimum absolute atomic E-state index is 0.239. The molecule has 0 heterocycles. The van der Waals surface area contributed by atoms with E-state index in [1.165, 1.54) is 11.1 Å². The van der Waals surface area contributed by atoms with Gasteiger partial charge in [-0.05, 0) is 56.4 Å². The number of aromatic hydroxyl groups is 1. The summed E-state index contributed by atoms with van der Waals surface area (Å²) in [5.41, 5.74) is 7.26. The first-order valence-electron chi connectivity index (χ1n) is 6.75. The second-order valence-electron chi connectivity index (χ2n) is 5.96. The summed E-state index contributed by atoms with van der Waals surface area (Å²) >= 11 is 0. The molecule has 0 fully saturated rings. The third kappa shape index (κ3) is 3.07. The highest BCUT2D eigenvalue weighted by molar-refractivity contribution is 5.80. The average Bonchev–Trinajstić information content (AvgIpc) is 2.35. The Balaban J connectivity index is 2.10. The fourth-order valence-corrected chi connectivity index (χ4v) is 2.48. The number of phenols is 1. The molecule has 1 unspecified atom stereocenters. The van der Waals surface area contributed by atoms with Gasteiger partial charge in [-0.2, -0.15) is 0 Å². The molecule has 4 heteroatoms. The second kappa shape index (κ2) is 5.21. The van der Waals surface area contributed by atoms with Crippen molar-refractivity contribution in [1.29, 1.82) is 0 Å². The number of aryl methyl sites for hydroxylation is 1. The van der Waals surface area contributed by atoms with E-state index in [-0.39, 0.29) is 11.9 Å². The maximum absolute atomic E-state index is 11.3. The van der Waals surface area contributed by atoms with E-state index in [1.54, 1.807) is 6.07 Å². The monoisotopic (exact) mass is 262 g/mol. The standard InChI is InChI=1S/C15H22N2O2/c1-15(2,14(16)19)9-17-13-5-3-4-10-8-11(18)6-7-12(10)13/h6-8,13,17-18H,3-5,9H2,1-2H3,(H2,16,19). The zero-order valence-corrected chi connectivity index (χ0v) is 11.6. The van der Waals surface area contributed by atoms with Gasteiger partial charge in [0.15, 0.2) is 0 Å². The number of phenolic OH excluding ortho intramolecular Hbond substituents is 1. The van der Waals surface area contributed by atoms with Crippen molar-refractivity contribution in [3.05, 3.63) is 29.3 Å². The third-order valence-corrected chi connectivity index (χ3v) is 3.90. The molecule has 4 N–H and O–H groups in total. The molecule has 1 aromatic carbocycles. The Bertz CT molecular complexity index is 483. The first-order valence-corrected chi connectivity index (χ1v) is 6.75. The molecule has 0 spiro atoms. The van der Waals surface area contributed by atoms with E-state index in [0.717, 1.165) is 19.3 Å². The van der Waals surface area contributed by atoms with Gasteiger partial charge in [0.1, 0.15) is 5.75 Å². The predicted octanol–water partition coefficient (Wildman–Crippen LogP) is 1.87. The van der Waals surface area contributed by atoms with Crippen molar-refractivity contribution in [3.8, 4) is 5.75 Å². The zero-order chi connectivity index (χ0) is 14.0. The number of benzene rings is 1. The predicted molar refractivity (Wildman–Crippen MR) is 74.8 cm³/mol. The lowest BCUT2D eigenvalue weighted by Crippen LogP contribution is -2.42. The summed E-state index contributed by atoms with van der Waals surface area (Å²) in [6.45, 7) is 4.26. The lowest BCUT2D eigenvalue weighted by atomic mass is 9.86. The molecule has 4 nitrogen and oxygen atoms in total. The highest BCUT2D eigenvalue weighted by atomic mass is 16.3. The maximum Gasteiger partial charge on any atom is 0.224 e. The smallest absolute Gasteiger partial charge is 0.224 e. The maximum atomic E-state index is 11.3. The molecule has 0 saturated heterocycles. The summed E-state index contributed by atoms with van der Waals surface area (Å²) < 4.78 is 0. The van der Waals surface area contributed by atoms with Gasteiger partial charge in [0.2, 0.25) is 5.91 Å². The number of hydrogen-bond acceptors (Lipinski definition) is 3. The molecule has 0 saturated carbocycles. The van der Waals surface area contributed by atoms with Gasteiger partial charge in [-0.1, -0.05) is 6.07 Å². The lowest BCUT2D eigenvalue weighted by molar-refractivity contribution is -0.125. The summed E-state index contributed by atoms with van der Waals surface area (Å²) in [6, 6.07) is 5.77. The van der Waals surface area contributed by atoms with E-state index >= 15 is 0 Å². The highest BCUT2D eigenvalue weighted by Crippen LogP contribution is 2.32. The fourth-order valence-electron chi connectivity index (χ4n) is 2.48. The van der Waals surface area contributed by atoms with Crippen LogP contribution in [0.15, 0.2) is 18.2 Å². The fraction of sp³-hybridized carbons (Fsp3) is 0.533. The quantitative estimate of drug-likeness (QED) is 0.775. The Hall–Kier alpha value is -1.55. The number of amides is 1. The minimum atomic E-state index is -0.547. The molecular weight excluding hydrogens is 240 g/mol. The lowest BCUT2D eigenvalue weighted by Gasteiger charge is -2.30. The number of hydrogen-bond donors (Lipinski definition) is 3. The Morgan fingerprint density at radius 3 is 2.95 bits per heavy atom. The molecule has 0 aliphatic heterocycles. The van der Waals surface area contributed by atoms with E-state index in [9.17, 15) is 9.90 Å². The van der Waals surface area contributed by atoms with Crippen LogP contribution in [0.3, 0.4) is 0 Å². The van der Waals surface area contributed by atoms with E-state index in [1.807, 2.05) is 26.0 Å². The van der Waals surface area contributed by atoms with Gasteiger partial charge in [0.05, 0.1) is 5.41 Å². The van der Waals surface area contributed by atoms with Crippen LogP contribution < -0.4 is 11.1 Å². The summed E-state index contributed by atoms with van der Waals surface area (Å²) in [7, 11) is 0. The first kappa shape index (κ1) is 13.9. The van der Waals surface area contributed by atoms with E-state index in [2.05, 4.69) is 5.32 Å². The summed E-state index contributed by atoms with van der Waals surface area (Å²) in [5, 5.41) is 13.0. The van der Waals surface area contributed by atoms with Crippen LogP contribution >= 0.6 is 0 Å². The summed E-state index contributed by atoms with van der Waals surface area (Å²) in [6.07, 6.45) is 3.14. The van der Waals surface area contributed by atoms with Gasteiger partial charge in [-0.25, -0.2) is 0 Å². The van der Waals surface area contributed by atoms with Crippen LogP contribution in [0.25, 0.3) is 0 Å². The van der Waals surface area contributed by atoms with Crippen molar-refractivity contribution < 1.29 is 9.90 Å². The van der Waals surface area contributed by atoms with Gasteiger partial charge in [-0.15, -0.1) is 0 Å². The van der Waals surface area contributed by atoms with Crippen LogP contribution in [-0.2, 0) is 11.2 Å². The second-order valence-corrected chi connectivity index (χ2v) is 5.96. The molecular formula is C15H22N2O2. The van der Waals surface area contributed by atoms with Gasteiger partial charge in [0.25, 0.3) is 0 Å². The van der Waals surface area contributed by atoms with Gasteiger partial charge in [0, 0.05) is 12.6 Å². The van der Waals surface area contributed by atoms with Crippen molar-refractivity contribution in [3.63, 3.8) is 0 Å². The Labute approximate surface area is 114 Å². The van der Waals surface area contributed by atoms with Crippen LogP contribution in [0.5, 0.6) is 5.75 Å². The number of rotatable bonds is 4. The topological polar surface area (TPSA) is 75.3 Å². The van der Waals surface area contributed by atoms with Crippen molar-refractivity contribution in [2.75, 3.05) is 6.54 Å². The summed E-state index contributed by atoms with van der Waals surface area (Å²) in [5.74, 6) is 0.0265. The Kier molecular flexibility index (Phi) is 3.80. The minimum Gasteiger partial charge on any atom is -0.508 e. The largest absolute Gasteiger partial charge is 0.508 e. The van der Waals surface area contributed by atoms with Gasteiger partial charge < -0.3 is 16.2 Å². The zero-order valence-electron chi connectivity index (χ0n) is 11.6. The van der Waals surface area contributed by atoms with E-state index in [0.29, 0.717) is 12.3 Å². The number of carbonyl (C=O) groups excluding carboxylic acids is 1. The van der Waals surface area contributed by atoms with Crippen molar-refractivity contribution >= 4 is 5.91 Å². The third-order valence-electron chi connectivity index (χ3n) is 3.90. The van der Waals surface area contributed by atoms with Gasteiger partial charge >= 0.3 is 0 Å². The molecule has 1 aromatic rings. The number of fused-ring (bicyclic) bond motifs is 1. The molecule has 1 amide bonds. The molecule has 0 aromatic heterocycles.